The molecule has 1 fully saturated rings. The Morgan fingerprint density at radius 1 is 0.857 bits per heavy atom. The normalized spacial score (nSPS) is 18.4. The molecule has 2 aromatic rings. The summed E-state index contributed by atoms with van der Waals surface area (Å²) in [5.41, 5.74) is 2.44. The topological polar surface area (TPSA) is 43.9 Å². The molecule has 28 heavy (non-hydrogen) atoms. The number of piperazine rings is 1. The summed E-state index contributed by atoms with van der Waals surface area (Å²) in [5.74, 6) is -1.53. The van der Waals surface area contributed by atoms with E-state index in [9.17, 15) is 14.0 Å². The first-order chi connectivity index (χ1) is 13.5. The van der Waals surface area contributed by atoms with Gasteiger partial charge in [0.25, 0.3) is 11.8 Å². The van der Waals surface area contributed by atoms with Gasteiger partial charge in [-0.25, -0.2) is 9.29 Å². The lowest BCUT2D eigenvalue weighted by Crippen LogP contribution is -2.46. The van der Waals surface area contributed by atoms with Crippen LogP contribution in [-0.2, 0) is 9.59 Å². The fraction of sp³-hybridized carbons (Fsp3) is 0.273. The number of likely N-dealkylation sites (N-methyl/N-ethyl adjacent to an activating group) is 1. The van der Waals surface area contributed by atoms with Gasteiger partial charge in [0.15, 0.2) is 0 Å². The molecular formula is C22H22FN3O2. The van der Waals surface area contributed by atoms with Crippen LogP contribution in [0.2, 0.25) is 0 Å². The van der Waals surface area contributed by atoms with Crippen LogP contribution in [0.4, 0.5) is 10.1 Å². The number of rotatable bonds is 3. The molecule has 2 aromatic carbocycles. The van der Waals surface area contributed by atoms with E-state index in [2.05, 4.69) is 4.90 Å². The number of hydrogen-bond donors (Lipinski definition) is 0. The fourth-order valence-electron chi connectivity index (χ4n) is 3.67. The summed E-state index contributed by atoms with van der Waals surface area (Å²) in [5, 5.41) is 0. The number of halogens is 1. The molecule has 2 aliphatic rings. The SMILES string of the molecule is Cc1ccc(C2=C(N3CCN(C)CC3)C(=O)N(c3ccccc3F)C2=O)cc1. The number of imide groups is 1. The van der Waals surface area contributed by atoms with Crippen LogP contribution in [0.25, 0.3) is 5.57 Å². The van der Waals surface area contributed by atoms with Gasteiger partial charge in [-0.2, -0.15) is 0 Å². The van der Waals surface area contributed by atoms with Crippen molar-refractivity contribution in [3.8, 4) is 0 Å². The molecule has 6 heteroatoms. The van der Waals surface area contributed by atoms with E-state index in [1.165, 1.54) is 12.1 Å². The Morgan fingerprint density at radius 2 is 1.50 bits per heavy atom. The zero-order valence-corrected chi connectivity index (χ0v) is 16.0. The van der Waals surface area contributed by atoms with E-state index in [-0.39, 0.29) is 5.69 Å². The predicted molar refractivity (Wildman–Crippen MR) is 106 cm³/mol. The first-order valence-electron chi connectivity index (χ1n) is 9.35. The highest BCUT2D eigenvalue weighted by atomic mass is 19.1. The molecule has 4 rings (SSSR count). The third-order valence-electron chi connectivity index (χ3n) is 5.31. The molecule has 0 saturated carbocycles. The number of carbonyl (C=O) groups is 2. The highest BCUT2D eigenvalue weighted by molar-refractivity contribution is 6.45. The second-order valence-electron chi connectivity index (χ2n) is 7.28. The van der Waals surface area contributed by atoms with Gasteiger partial charge in [0.05, 0.1) is 11.3 Å². The van der Waals surface area contributed by atoms with Crippen molar-refractivity contribution in [2.75, 3.05) is 38.1 Å². The van der Waals surface area contributed by atoms with E-state index in [0.29, 0.717) is 29.9 Å². The lowest BCUT2D eigenvalue weighted by Gasteiger charge is -2.34. The van der Waals surface area contributed by atoms with Crippen molar-refractivity contribution in [1.29, 1.82) is 0 Å². The Hall–Kier alpha value is -2.99. The predicted octanol–water partition coefficient (Wildman–Crippen LogP) is 2.67. The standard InChI is InChI=1S/C22H22FN3O2/c1-15-7-9-16(10-8-15)19-20(25-13-11-24(2)12-14-25)22(28)26(21(19)27)18-6-4-3-5-17(18)23/h3-10H,11-14H2,1-2H3. The highest BCUT2D eigenvalue weighted by Gasteiger charge is 2.43. The number of benzene rings is 2. The monoisotopic (exact) mass is 379 g/mol. The summed E-state index contributed by atoms with van der Waals surface area (Å²) in [6.45, 7) is 4.85. The average Bonchev–Trinajstić information content (AvgIpc) is 2.94. The average molecular weight is 379 g/mol. The van der Waals surface area contributed by atoms with Crippen LogP contribution in [0.3, 0.4) is 0 Å². The number of amides is 2. The second kappa shape index (κ2) is 7.20. The Bertz CT molecular complexity index is 960. The van der Waals surface area contributed by atoms with Crippen LogP contribution in [-0.4, -0.2) is 54.8 Å². The van der Waals surface area contributed by atoms with Gasteiger partial charge in [0.1, 0.15) is 11.5 Å². The van der Waals surface area contributed by atoms with Crippen molar-refractivity contribution < 1.29 is 14.0 Å². The number of aryl methyl sites for hydroxylation is 1. The maximum absolute atomic E-state index is 14.4. The van der Waals surface area contributed by atoms with Gasteiger partial charge in [-0.1, -0.05) is 42.0 Å². The van der Waals surface area contributed by atoms with Crippen molar-refractivity contribution in [3.63, 3.8) is 0 Å². The van der Waals surface area contributed by atoms with Crippen molar-refractivity contribution in [3.05, 3.63) is 71.2 Å². The smallest absolute Gasteiger partial charge is 0.282 e. The number of carbonyl (C=O) groups excluding carboxylic acids is 2. The van der Waals surface area contributed by atoms with Crippen LogP contribution < -0.4 is 4.90 Å². The Morgan fingerprint density at radius 3 is 2.14 bits per heavy atom. The largest absolute Gasteiger partial charge is 0.364 e. The summed E-state index contributed by atoms with van der Waals surface area (Å²) in [4.78, 5) is 31.7. The van der Waals surface area contributed by atoms with E-state index in [4.69, 9.17) is 0 Å². The van der Waals surface area contributed by atoms with Gasteiger partial charge in [-0.15, -0.1) is 0 Å². The lowest BCUT2D eigenvalue weighted by atomic mass is 10.0. The van der Waals surface area contributed by atoms with Crippen LogP contribution in [0.15, 0.2) is 54.2 Å². The molecule has 5 nitrogen and oxygen atoms in total. The van der Waals surface area contributed by atoms with E-state index >= 15 is 0 Å². The number of nitrogens with zero attached hydrogens (tertiary/aromatic N) is 3. The van der Waals surface area contributed by atoms with E-state index in [1.54, 1.807) is 12.1 Å². The molecule has 0 atom stereocenters. The van der Waals surface area contributed by atoms with Crippen molar-refractivity contribution in [2.24, 2.45) is 0 Å². The molecule has 0 aliphatic carbocycles. The molecule has 0 spiro atoms. The lowest BCUT2D eigenvalue weighted by molar-refractivity contribution is -0.120. The number of hydrogen-bond acceptors (Lipinski definition) is 4. The molecule has 0 N–H and O–H groups in total. The fourth-order valence-corrected chi connectivity index (χ4v) is 3.67. The van der Waals surface area contributed by atoms with Crippen LogP contribution in [0, 0.1) is 12.7 Å². The second-order valence-corrected chi connectivity index (χ2v) is 7.28. The first-order valence-corrected chi connectivity index (χ1v) is 9.35. The Labute approximate surface area is 163 Å². The first kappa shape index (κ1) is 18.4. The minimum Gasteiger partial charge on any atom is -0.364 e. The van der Waals surface area contributed by atoms with E-state index < -0.39 is 17.6 Å². The minimum atomic E-state index is -0.591. The molecule has 1 saturated heterocycles. The quantitative estimate of drug-likeness (QED) is 0.769. The van der Waals surface area contributed by atoms with Crippen molar-refractivity contribution in [2.45, 2.75) is 6.92 Å². The van der Waals surface area contributed by atoms with Crippen LogP contribution >= 0.6 is 0 Å². The van der Waals surface area contributed by atoms with Crippen molar-refractivity contribution >= 4 is 23.1 Å². The van der Waals surface area contributed by atoms with Crippen LogP contribution in [0.1, 0.15) is 11.1 Å². The van der Waals surface area contributed by atoms with Gasteiger partial charge < -0.3 is 9.80 Å². The molecule has 0 unspecified atom stereocenters. The highest BCUT2D eigenvalue weighted by Crippen LogP contribution is 2.36. The van der Waals surface area contributed by atoms with Crippen LogP contribution in [0.5, 0.6) is 0 Å². The van der Waals surface area contributed by atoms with E-state index in [1.807, 2.05) is 43.1 Å². The van der Waals surface area contributed by atoms with Gasteiger partial charge in [-0.05, 0) is 31.7 Å². The summed E-state index contributed by atoms with van der Waals surface area (Å²) < 4.78 is 14.4. The zero-order valence-electron chi connectivity index (χ0n) is 16.0. The third kappa shape index (κ3) is 3.10. The maximum Gasteiger partial charge on any atom is 0.282 e. The zero-order chi connectivity index (χ0) is 19.8. The maximum atomic E-state index is 14.4. The Kier molecular flexibility index (Phi) is 4.73. The number of para-hydroxylation sites is 1. The van der Waals surface area contributed by atoms with Gasteiger partial charge in [0.2, 0.25) is 0 Å². The molecule has 2 aliphatic heterocycles. The van der Waals surface area contributed by atoms with Crippen molar-refractivity contribution in [1.82, 2.24) is 9.80 Å². The molecule has 2 heterocycles. The molecule has 0 aromatic heterocycles. The van der Waals surface area contributed by atoms with Gasteiger partial charge >= 0.3 is 0 Å². The molecular weight excluding hydrogens is 357 g/mol. The summed E-state index contributed by atoms with van der Waals surface area (Å²) in [6.07, 6.45) is 0. The molecule has 144 valence electrons. The summed E-state index contributed by atoms with van der Waals surface area (Å²) in [6, 6.07) is 13.4. The Balaban J connectivity index is 1.82. The minimum absolute atomic E-state index is 0.00811. The van der Waals surface area contributed by atoms with Gasteiger partial charge in [0, 0.05) is 26.2 Å². The van der Waals surface area contributed by atoms with E-state index in [0.717, 1.165) is 23.6 Å². The number of anilines is 1. The third-order valence-corrected chi connectivity index (χ3v) is 5.31. The summed E-state index contributed by atoms with van der Waals surface area (Å²) in [7, 11) is 2.03. The summed E-state index contributed by atoms with van der Waals surface area (Å²) >= 11 is 0. The molecule has 2 amide bonds. The van der Waals surface area contributed by atoms with Gasteiger partial charge in [-0.3, -0.25) is 9.59 Å². The molecule has 0 radical (unpaired) electrons. The molecule has 0 bridgehead atoms.